The normalized spacial score (nSPS) is 20.8. The third-order valence-corrected chi connectivity index (χ3v) is 3.42. The van der Waals surface area contributed by atoms with Crippen LogP contribution in [-0.4, -0.2) is 23.6 Å². The molecule has 0 bridgehead atoms. The van der Waals surface area contributed by atoms with Crippen LogP contribution in [0.1, 0.15) is 19.4 Å². The number of benzene rings is 1. The first-order chi connectivity index (χ1) is 10.3. The smallest absolute Gasteiger partial charge is 0.414 e. The van der Waals surface area contributed by atoms with E-state index in [-0.39, 0.29) is 17.2 Å². The van der Waals surface area contributed by atoms with E-state index in [1.807, 2.05) is 0 Å². The van der Waals surface area contributed by atoms with E-state index in [0.29, 0.717) is 0 Å². The van der Waals surface area contributed by atoms with Crippen molar-refractivity contribution in [1.82, 2.24) is 5.32 Å². The van der Waals surface area contributed by atoms with Crippen LogP contribution in [0.4, 0.5) is 9.18 Å². The van der Waals surface area contributed by atoms with Crippen LogP contribution < -0.4 is 5.32 Å². The van der Waals surface area contributed by atoms with Crippen LogP contribution in [0.5, 0.6) is 0 Å². The van der Waals surface area contributed by atoms with E-state index < -0.39 is 34.9 Å². The molecule has 6 nitrogen and oxygen atoms in total. The molecule has 1 aliphatic rings. The van der Waals surface area contributed by atoms with E-state index in [9.17, 15) is 19.1 Å². The van der Waals surface area contributed by atoms with E-state index in [1.165, 1.54) is 25.1 Å². The Morgan fingerprint density at radius 3 is 2.86 bits per heavy atom. The molecule has 1 atom stereocenters. The minimum absolute atomic E-state index is 0.0913. The lowest BCUT2D eigenvalue weighted by Crippen LogP contribution is -2.33. The molecule has 1 unspecified atom stereocenters. The van der Waals surface area contributed by atoms with Gasteiger partial charge in [0.05, 0.1) is 11.6 Å². The zero-order valence-corrected chi connectivity index (χ0v) is 12.5. The van der Waals surface area contributed by atoms with Crippen LogP contribution in [0.25, 0.3) is 0 Å². The Labute approximate surface area is 130 Å². The Balaban J connectivity index is 2.34. The Morgan fingerprint density at radius 2 is 2.23 bits per heavy atom. The Morgan fingerprint density at radius 1 is 1.55 bits per heavy atom. The summed E-state index contributed by atoms with van der Waals surface area (Å²) in [6.07, 6.45) is -0.910. The van der Waals surface area contributed by atoms with Gasteiger partial charge in [-0.15, -0.1) is 0 Å². The van der Waals surface area contributed by atoms with Crippen molar-refractivity contribution in [2.75, 3.05) is 6.61 Å². The summed E-state index contributed by atoms with van der Waals surface area (Å²) in [5, 5.41) is 11.7. The maximum atomic E-state index is 14.1. The number of alkyl carbamates (subject to hydrolysis) is 1. The van der Waals surface area contributed by atoms with Gasteiger partial charge in [-0.1, -0.05) is 23.7 Å². The molecule has 118 valence electrons. The first-order valence-electron chi connectivity index (χ1n) is 6.36. The number of ketones is 1. The Kier molecular flexibility index (Phi) is 4.27. The molecule has 0 saturated heterocycles. The Bertz CT molecular complexity index is 675. The summed E-state index contributed by atoms with van der Waals surface area (Å²) >= 11 is 5.69. The number of halogens is 2. The number of aliphatic hydroxyl groups is 1. The second-order valence-corrected chi connectivity index (χ2v) is 5.00. The monoisotopic (exact) mass is 329 g/mol. The highest BCUT2D eigenvalue weighted by Crippen LogP contribution is 2.39. The lowest BCUT2D eigenvalue weighted by molar-refractivity contribution is -0.132. The van der Waals surface area contributed by atoms with Crippen LogP contribution in [-0.2, 0) is 19.9 Å². The van der Waals surface area contributed by atoms with E-state index in [1.54, 1.807) is 6.92 Å². The number of carbonyl (C=O) groups is 2. The lowest BCUT2D eigenvalue weighted by atomic mass is 9.91. The fraction of sp³-hybridized carbons (Fsp3) is 0.286. The fourth-order valence-electron chi connectivity index (χ4n) is 2.02. The van der Waals surface area contributed by atoms with Crippen LogP contribution in [0.15, 0.2) is 29.8 Å². The SMILES string of the molecule is CCOC(=O)NC1=C(O)C(=O)C(C)(c2cccc(Cl)c2F)O1. The average molecular weight is 330 g/mol. The molecule has 0 fully saturated rings. The molecule has 1 aliphatic heterocycles. The van der Waals surface area contributed by atoms with Crippen molar-refractivity contribution in [3.05, 3.63) is 46.2 Å². The maximum absolute atomic E-state index is 14.1. The second-order valence-electron chi connectivity index (χ2n) is 4.59. The largest absolute Gasteiger partial charge is 0.501 e. The predicted molar refractivity (Wildman–Crippen MR) is 74.7 cm³/mol. The van der Waals surface area contributed by atoms with Crippen molar-refractivity contribution in [2.24, 2.45) is 0 Å². The summed E-state index contributed by atoms with van der Waals surface area (Å²) < 4.78 is 24.0. The molecule has 8 heteroatoms. The number of hydrogen-bond acceptors (Lipinski definition) is 5. The molecule has 0 aliphatic carbocycles. The van der Waals surface area contributed by atoms with Crippen molar-refractivity contribution in [2.45, 2.75) is 19.4 Å². The second kappa shape index (κ2) is 5.84. The van der Waals surface area contributed by atoms with Gasteiger partial charge in [-0.2, -0.15) is 0 Å². The van der Waals surface area contributed by atoms with Crippen LogP contribution >= 0.6 is 11.6 Å². The predicted octanol–water partition coefficient (Wildman–Crippen LogP) is 2.77. The molecule has 2 N–H and O–H groups in total. The van der Waals surface area contributed by atoms with Gasteiger partial charge in [0.15, 0.2) is 0 Å². The van der Waals surface area contributed by atoms with Gasteiger partial charge in [-0.3, -0.25) is 10.1 Å². The van der Waals surface area contributed by atoms with Gasteiger partial charge in [0.2, 0.25) is 17.2 Å². The van der Waals surface area contributed by atoms with Crippen molar-refractivity contribution >= 4 is 23.5 Å². The van der Waals surface area contributed by atoms with Crippen LogP contribution in [0.3, 0.4) is 0 Å². The van der Waals surface area contributed by atoms with Crippen molar-refractivity contribution < 1.29 is 28.6 Å². The average Bonchev–Trinajstić information content (AvgIpc) is 2.67. The van der Waals surface area contributed by atoms with Crippen LogP contribution in [0, 0.1) is 5.82 Å². The maximum Gasteiger partial charge on any atom is 0.414 e. The molecule has 0 aromatic heterocycles. The highest BCUT2D eigenvalue weighted by molar-refractivity contribution is 6.30. The van der Waals surface area contributed by atoms with Crippen LogP contribution in [0.2, 0.25) is 5.02 Å². The van der Waals surface area contributed by atoms with E-state index in [4.69, 9.17) is 16.3 Å². The summed E-state index contributed by atoms with van der Waals surface area (Å²) in [5.41, 5.74) is -1.99. The molecule has 1 aromatic carbocycles. The first kappa shape index (κ1) is 16.1. The lowest BCUT2D eigenvalue weighted by Gasteiger charge is -2.24. The molecule has 0 spiro atoms. The zero-order chi connectivity index (χ0) is 16.5. The third kappa shape index (κ3) is 2.59. The van der Waals surface area contributed by atoms with Gasteiger partial charge in [-0.05, 0) is 19.9 Å². The zero-order valence-electron chi connectivity index (χ0n) is 11.8. The molecular weight excluding hydrogens is 317 g/mol. The minimum Gasteiger partial charge on any atom is -0.501 e. The topological polar surface area (TPSA) is 84.9 Å². The van der Waals surface area contributed by atoms with Gasteiger partial charge in [0, 0.05) is 5.56 Å². The molecule has 1 amide bonds. The summed E-state index contributed by atoms with van der Waals surface area (Å²) in [7, 11) is 0. The van der Waals surface area contributed by atoms with Gasteiger partial charge in [0.25, 0.3) is 5.78 Å². The number of Topliss-reactive ketones (excluding diaryl/α,β-unsaturated/α-hetero) is 1. The molecule has 2 rings (SSSR count). The number of aliphatic hydroxyl groups excluding tert-OH is 1. The van der Waals surface area contributed by atoms with Crippen molar-refractivity contribution in [3.8, 4) is 0 Å². The molecule has 1 aromatic rings. The van der Waals surface area contributed by atoms with Gasteiger partial charge >= 0.3 is 6.09 Å². The van der Waals surface area contributed by atoms with E-state index >= 15 is 0 Å². The summed E-state index contributed by atoms with van der Waals surface area (Å²) in [5.74, 6) is -3.06. The van der Waals surface area contributed by atoms with Gasteiger partial charge in [0.1, 0.15) is 5.82 Å². The number of amides is 1. The number of nitrogens with one attached hydrogen (secondary N) is 1. The molecule has 1 heterocycles. The molecule has 0 radical (unpaired) electrons. The summed E-state index contributed by atoms with van der Waals surface area (Å²) in [4.78, 5) is 23.6. The third-order valence-electron chi connectivity index (χ3n) is 3.13. The standard InChI is InChI=1S/C14H13ClFNO5/c1-3-21-13(20)17-12-10(18)11(19)14(2,22-12)7-5-4-6-8(15)9(7)16/h4-6,18H,3H2,1-2H3,(H,17,20). The molecule has 0 saturated carbocycles. The number of ether oxygens (including phenoxy) is 2. The quantitative estimate of drug-likeness (QED) is 0.890. The fourth-order valence-corrected chi connectivity index (χ4v) is 2.20. The minimum atomic E-state index is -1.84. The summed E-state index contributed by atoms with van der Waals surface area (Å²) in [6, 6.07) is 4.06. The molecular formula is C14H13ClFNO5. The van der Waals surface area contributed by atoms with Gasteiger partial charge < -0.3 is 14.6 Å². The van der Waals surface area contributed by atoms with Crippen molar-refractivity contribution in [3.63, 3.8) is 0 Å². The highest BCUT2D eigenvalue weighted by Gasteiger charge is 2.50. The van der Waals surface area contributed by atoms with Gasteiger partial charge in [-0.25, -0.2) is 9.18 Å². The number of hydrogen-bond donors (Lipinski definition) is 2. The van der Waals surface area contributed by atoms with E-state index in [0.717, 1.165) is 0 Å². The Hall–Kier alpha value is -2.28. The first-order valence-corrected chi connectivity index (χ1v) is 6.74. The van der Waals surface area contributed by atoms with Crippen molar-refractivity contribution in [1.29, 1.82) is 0 Å². The summed E-state index contributed by atoms with van der Waals surface area (Å²) in [6.45, 7) is 2.94. The van der Waals surface area contributed by atoms with E-state index in [2.05, 4.69) is 10.1 Å². The number of rotatable bonds is 3. The highest BCUT2D eigenvalue weighted by atomic mass is 35.5. The molecule has 22 heavy (non-hydrogen) atoms. The number of carbonyl (C=O) groups excluding carboxylic acids is 2.